The molecule has 2 saturated carbocycles. The van der Waals surface area contributed by atoms with E-state index in [1.165, 1.54) is 18.6 Å². The number of halogens is 1. The van der Waals surface area contributed by atoms with Crippen LogP contribution in [-0.2, 0) is 11.4 Å². The Hall–Kier alpha value is -1.02. The molecule has 0 aromatic heterocycles. The van der Waals surface area contributed by atoms with Crippen LogP contribution in [0.2, 0.25) is 5.02 Å². The molecule has 1 aromatic carbocycles. The molecule has 0 saturated heterocycles. The van der Waals surface area contributed by atoms with Gasteiger partial charge in [0.15, 0.2) is 0 Å². The lowest BCUT2D eigenvalue weighted by molar-refractivity contribution is 0.123. The lowest BCUT2D eigenvalue weighted by Gasteiger charge is -2.34. The first-order valence-electron chi connectivity index (χ1n) is 7.37. The summed E-state index contributed by atoms with van der Waals surface area (Å²) in [6, 6.07) is 7.75. The van der Waals surface area contributed by atoms with E-state index in [0.717, 1.165) is 22.9 Å². The molecule has 0 aliphatic heterocycles. The summed E-state index contributed by atoms with van der Waals surface area (Å²) < 4.78 is 0. The largest absolute Gasteiger partial charge is 0.391 e. The van der Waals surface area contributed by atoms with Gasteiger partial charge in [-0.3, -0.25) is 0 Å². The Morgan fingerprint density at radius 3 is 2.75 bits per heavy atom. The molecule has 3 rings (SSSR count). The van der Waals surface area contributed by atoms with E-state index >= 15 is 0 Å². The number of oxime groups is 1. The molecule has 0 radical (unpaired) electrons. The Morgan fingerprint density at radius 1 is 1.35 bits per heavy atom. The van der Waals surface area contributed by atoms with Gasteiger partial charge >= 0.3 is 0 Å². The van der Waals surface area contributed by atoms with E-state index in [1.807, 2.05) is 24.3 Å². The summed E-state index contributed by atoms with van der Waals surface area (Å²) in [5.74, 6) is 0.765. The molecule has 0 N–H and O–H groups in total. The topological polar surface area (TPSA) is 21.6 Å². The lowest BCUT2D eigenvalue weighted by Crippen LogP contribution is -2.32. The first-order chi connectivity index (χ1) is 9.43. The number of rotatable bonds is 3. The fourth-order valence-electron chi connectivity index (χ4n) is 3.88. The molecule has 20 heavy (non-hydrogen) atoms. The van der Waals surface area contributed by atoms with Crippen LogP contribution in [0.3, 0.4) is 0 Å². The first kappa shape index (κ1) is 13.9. The molecule has 2 atom stereocenters. The Bertz CT molecular complexity index is 552. The minimum atomic E-state index is 0.214. The highest BCUT2D eigenvalue weighted by Crippen LogP contribution is 2.63. The van der Waals surface area contributed by atoms with Crippen LogP contribution in [0.25, 0.3) is 0 Å². The van der Waals surface area contributed by atoms with Crippen molar-refractivity contribution < 1.29 is 4.84 Å². The van der Waals surface area contributed by atoms with Crippen LogP contribution >= 0.6 is 11.6 Å². The third kappa shape index (κ3) is 2.05. The van der Waals surface area contributed by atoms with E-state index in [-0.39, 0.29) is 5.41 Å². The summed E-state index contributed by atoms with van der Waals surface area (Å²) in [6.07, 6.45) is 3.67. The van der Waals surface area contributed by atoms with Crippen molar-refractivity contribution in [2.75, 3.05) is 0 Å². The Morgan fingerprint density at radius 2 is 2.15 bits per heavy atom. The summed E-state index contributed by atoms with van der Waals surface area (Å²) in [4.78, 5) is 5.60. The second-order valence-electron chi connectivity index (χ2n) is 6.93. The average Bonchev–Trinajstić information content (AvgIpc) is 2.72. The standard InChI is InChI=1S/C17H22ClNO/c1-16(2)13-7-8-17(16,3)15(10-13)19-20-11-12-5-4-6-14(18)9-12/h4-6,9,13H,7-8,10-11H2,1-3H3/b19-15+/t13-,17+/m0/s1. The fourth-order valence-corrected chi connectivity index (χ4v) is 4.09. The SMILES string of the molecule is CC1(C)[C@H]2CC[C@]1(C)/C(=N/OCc1cccc(Cl)c1)C2. The molecule has 0 heterocycles. The maximum absolute atomic E-state index is 5.97. The van der Waals surface area contributed by atoms with Crippen molar-refractivity contribution in [3.8, 4) is 0 Å². The third-order valence-corrected chi connectivity index (χ3v) is 6.04. The number of benzene rings is 1. The average molecular weight is 292 g/mol. The summed E-state index contributed by atoms with van der Waals surface area (Å²) in [6.45, 7) is 7.60. The van der Waals surface area contributed by atoms with Gasteiger partial charge in [-0.05, 0) is 48.3 Å². The van der Waals surface area contributed by atoms with E-state index in [1.54, 1.807) is 0 Å². The Balaban J connectivity index is 1.69. The molecule has 2 aliphatic carbocycles. The summed E-state index contributed by atoms with van der Waals surface area (Å²) in [5, 5.41) is 5.21. The molecule has 2 nitrogen and oxygen atoms in total. The van der Waals surface area contributed by atoms with Gasteiger partial charge in [0.05, 0.1) is 5.71 Å². The molecule has 2 bridgehead atoms. The normalized spacial score (nSPS) is 32.8. The molecule has 0 spiro atoms. The zero-order chi connectivity index (χ0) is 14.4. The van der Waals surface area contributed by atoms with E-state index in [2.05, 4.69) is 25.9 Å². The molecule has 0 unspecified atom stereocenters. The van der Waals surface area contributed by atoms with Crippen molar-refractivity contribution in [2.45, 2.75) is 46.6 Å². The number of hydrogen-bond acceptors (Lipinski definition) is 2. The fraction of sp³-hybridized carbons (Fsp3) is 0.588. The van der Waals surface area contributed by atoms with Crippen molar-refractivity contribution in [2.24, 2.45) is 21.9 Å². The zero-order valence-electron chi connectivity index (χ0n) is 12.4. The van der Waals surface area contributed by atoms with Crippen molar-refractivity contribution in [1.29, 1.82) is 0 Å². The van der Waals surface area contributed by atoms with Crippen LogP contribution in [0.4, 0.5) is 0 Å². The third-order valence-electron chi connectivity index (χ3n) is 5.81. The van der Waals surface area contributed by atoms with Gasteiger partial charge in [-0.2, -0.15) is 0 Å². The minimum absolute atomic E-state index is 0.214. The summed E-state index contributed by atoms with van der Waals surface area (Å²) in [5.41, 5.74) is 2.88. The van der Waals surface area contributed by atoms with Gasteiger partial charge in [0.2, 0.25) is 0 Å². The molecular formula is C17H22ClNO. The molecule has 2 fully saturated rings. The Kier molecular flexibility index (Phi) is 3.32. The Labute approximate surface area is 126 Å². The van der Waals surface area contributed by atoms with E-state index in [0.29, 0.717) is 12.0 Å². The maximum Gasteiger partial charge on any atom is 0.142 e. The highest BCUT2D eigenvalue weighted by molar-refractivity contribution is 6.30. The predicted octanol–water partition coefficient (Wildman–Crippen LogP) is 5.06. The second-order valence-corrected chi connectivity index (χ2v) is 7.37. The van der Waals surface area contributed by atoms with E-state index in [4.69, 9.17) is 16.4 Å². The van der Waals surface area contributed by atoms with Crippen molar-refractivity contribution in [3.05, 3.63) is 34.9 Å². The van der Waals surface area contributed by atoms with Crippen LogP contribution in [-0.4, -0.2) is 5.71 Å². The molecule has 2 aliphatic rings. The van der Waals surface area contributed by atoms with Crippen molar-refractivity contribution in [1.82, 2.24) is 0 Å². The quantitative estimate of drug-likeness (QED) is 0.713. The molecule has 1 aromatic rings. The van der Waals surface area contributed by atoms with Crippen LogP contribution in [0, 0.1) is 16.7 Å². The molecule has 108 valence electrons. The monoisotopic (exact) mass is 291 g/mol. The van der Waals surface area contributed by atoms with E-state index in [9.17, 15) is 0 Å². The maximum atomic E-state index is 5.97. The zero-order valence-corrected chi connectivity index (χ0v) is 13.2. The minimum Gasteiger partial charge on any atom is -0.391 e. The van der Waals surface area contributed by atoms with Crippen molar-refractivity contribution >= 4 is 17.3 Å². The van der Waals surface area contributed by atoms with Gasteiger partial charge in [0, 0.05) is 10.4 Å². The molecular weight excluding hydrogens is 270 g/mol. The van der Waals surface area contributed by atoms with Gasteiger partial charge in [0.25, 0.3) is 0 Å². The number of hydrogen-bond donors (Lipinski definition) is 0. The van der Waals surface area contributed by atoms with E-state index < -0.39 is 0 Å². The van der Waals surface area contributed by atoms with Crippen LogP contribution in [0.15, 0.2) is 29.4 Å². The van der Waals surface area contributed by atoms with Gasteiger partial charge in [-0.1, -0.05) is 49.7 Å². The van der Waals surface area contributed by atoms with Crippen molar-refractivity contribution in [3.63, 3.8) is 0 Å². The summed E-state index contributed by atoms with van der Waals surface area (Å²) >= 11 is 5.97. The second kappa shape index (κ2) is 4.77. The predicted molar refractivity (Wildman–Crippen MR) is 82.9 cm³/mol. The number of nitrogens with zero attached hydrogens (tertiary/aromatic N) is 1. The molecule has 3 heteroatoms. The van der Waals surface area contributed by atoms with Crippen LogP contribution in [0.1, 0.15) is 45.6 Å². The highest BCUT2D eigenvalue weighted by atomic mass is 35.5. The van der Waals surface area contributed by atoms with Crippen LogP contribution < -0.4 is 0 Å². The lowest BCUT2D eigenvalue weighted by atomic mass is 9.70. The summed E-state index contributed by atoms with van der Waals surface area (Å²) in [7, 11) is 0. The first-order valence-corrected chi connectivity index (χ1v) is 7.75. The van der Waals surface area contributed by atoms with Crippen LogP contribution in [0.5, 0.6) is 0 Å². The molecule has 0 amide bonds. The van der Waals surface area contributed by atoms with Gasteiger partial charge in [-0.15, -0.1) is 0 Å². The van der Waals surface area contributed by atoms with Gasteiger partial charge in [0.1, 0.15) is 6.61 Å². The van der Waals surface area contributed by atoms with Gasteiger partial charge < -0.3 is 4.84 Å². The van der Waals surface area contributed by atoms with Gasteiger partial charge in [-0.25, -0.2) is 0 Å². The highest BCUT2D eigenvalue weighted by Gasteiger charge is 2.60. The smallest absolute Gasteiger partial charge is 0.142 e. The number of fused-ring (bicyclic) bond motifs is 2.